The average molecular weight is 495 g/mol. The fraction of sp³-hybridized carbons (Fsp3) is 0.370. The van der Waals surface area contributed by atoms with Gasteiger partial charge in [-0.1, -0.05) is 25.7 Å². The lowest BCUT2D eigenvalue weighted by molar-refractivity contribution is -0.132. The van der Waals surface area contributed by atoms with Crippen LogP contribution in [0.2, 0.25) is 0 Å². The van der Waals surface area contributed by atoms with Crippen LogP contribution in [0.5, 0.6) is 0 Å². The van der Waals surface area contributed by atoms with Crippen molar-refractivity contribution in [2.75, 3.05) is 0 Å². The minimum atomic E-state index is -0.168. The number of allylic oxidation sites excluding steroid dienone is 2. The van der Waals surface area contributed by atoms with Crippen molar-refractivity contribution in [2.24, 2.45) is 10.4 Å². The van der Waals surface area contributed by atoms with Crippen LogP contribution in [0.15, 0.2) is 54.6 Å². The molecule has 37 heavy (non-hydrogen) atoms. The molecular formula is C27H30BN7O2. The van der Waals surface area contributed by atoms with Crippen LogP contribution in [-0.2, 0) is 11.3 Å². The first-order valence-corrected chi connectivity index (χ1v) is 12.5. The summed E-state index contributed by atoms with van der Waals surface area (Å²) in [5.74, 6) is 0.553. The first kappa shape index (κ1) is 24.7. The van der Waals surface area contributed by atoms with E-state index in [2.05, 4.69) is 38.5 Å². The zero-order valence-corrected chi connectivity index (χ0v) is 21.7. The second-order valence-corrected chi connectivity index (χ2v) is 10.2. The highest BCUT2D eigenvalue weighted by Crippen LogP contribution is 2.59. The number of amides is 1. The molecule has 4 heterocycles. The minimum absolute atomic E-state index is 0.00910. The molecular weight excluding hydrogens is 465 g/mol. The number of fused-ring (bicyclic) bond motifs is 2. The highest BCUT2D eigenvalue weighted by molar-refractivity contribution is 6.79. The predicted molar refractivity (Wildman–Crippen MR) is 145 cm³/mol. The lowest BCUT2D eigenvalue weighted by Gasteiger charge is -2.27. The second kappa shape index (κ2) is 9.50. The molecule has 2 fully saturated rings. The highest BCUT2D eigenvalue weighted by atomic mass is 16.2. The Hall–Kier alpha value is -3.95. The van der Waals surface area contributed by atoms with Gasteiger partial charge >= 0.3 is 0 Å². The summed E-state index contributed by atoms with van der Waals surface area (Å²) in [4.78, 5) is 45.6. The van der Waals surface area contributed by atoms with E-state index in [1.54, 1.807) is 29.5 Å². The predicted octanol–water partition coefficient (Wildman–Crippen LogP) is 3.29. The first-order valence-electron chi connectivity index (χ1n) is 12.5. The number of aryl methyl sites for hydroxylation is 1. The number of Topliss-reactive ketones (excluding diaryl/α,β-unsaturated/α-hetero) is 1. The number of pyridine rings is 1. The average Bonchev–Trinajstić information content (AvgIpc) is 3.23. The molecule has 1 saturated carbocycles. The van der Waals surface area contributed by atoms with Gasteiger partial charge in [0.05, 0.1) is 17.4 Å². The standard InChI is InChI=1S/C27H30BN7O2/c1-6-8-23(29-7-2)28-24-11-27(5)10-22(27)35(24)25(37)15-34-21-14-32-20(18-12-30-17(4)31-13-18)9-19(21)26(33-34)16(3)36/h6-9,12-14,22,24,28H,2,10-11,15H2,1,3-5H3/b8-6-,29-23+/t22-,24+,27-/m1/s1. The van der Waals surface area contributed by atoms with Crippen molar-refractivity contribution < 1.29 is 9.59 Å². The number of aliphatic imine (C=N–C) groups is 1. The number of likely N-dealkylation sites (tertiary alicyclic amines) is 1. The van der Waals surface area contributed by atoms with Crippen LogP contribution in [0.3, 0.4) is 0 Å². The van der Waals surface area contributed by atoms with Crippen molar-refractivity contribution in [3.8, 4) is 11.3 Å². The monoisotopic (exact) mass is 495 g/mol. The lowest BCUT2D eigenvalue weighted by atomic mass is 9.62. The van der Waals surface area contributed by atoms with Crippen molar-refractivity contribution in [3.63, 3.8) is 0 Å². The van der Waals surface area contributed by atoms with Crippen LogP contribution >= 0.6 is 0 Å². The van der Waals surface area contributed by atoms with Crippen molar-refractivity contribution in [1.29, 1.82) is 0 Å². The van der Waals surface area contributed by atoms with Crippen molar-refractivity contribution in [2.45, 2.75) is 59.1 Å². The van der Waals surface area contributed by atoms with Crippen LogP contribution in [0.25, 0.3) is 22.2 Å². The molecule has 1 aliphatic carbocycles. The Bertz CT molecular complexity index is 1460. The summed E-state index contributed by atoms with van der Waals surface area (Å²) >= 11 is 0. The van der Waals surface area contributed by atoms with Gasteiger partial charge in [0, 0.05) is 54.1 Å². The van der Waals surface area contributed by atoms with Crippen LogP contribution in [0.4, 0.5) is 0 Å². The Labute approximate surface area is 216 Å². The van der Waals surface area contributed by atoms with Crippen LogP contribution in [0.1, 0.15) is 49.9 Å². The SMILES string of the molecule is C=C/N=C(B[C@@H]1C[C@@]2(C)C[C@H]2N1C(=O)Cn1nc(C(C)=O)c2cc(-c3cnc(C)nc3)ncc21)\C=C/C. The molecule has 188 valence electrons. The molecule has 3 aromatic heterocycles. The molecule has 2 aliphatic rings. The van der Waals surface area contributed by atoms with Gasteiger partial charge in [-0.05, 0) is 38.2 Å². The molecule has 0 radical (unpaired) electrons. The first-order chi connectivity index (χ1) is 17.7. The maximum Gasteiger partial charge on any atom is 0.244 e. The Kier molecular flexibility index (Phi) is 6.35. The number of carbonyl (C=O) groups is 2. The summed E-state index contributed by atoms with van der Waals surface area (Å²) in [5.41, 5.74) is 3.42. The van der Waals surface area contributed by atoms with Crippen LogP contribution in [-0.4, -0.2) is 66.2 Å². The summed E-state index contributed by atoms with van der Waals surface area (Å²) in [6.45, 7) is 11.3. The maximum atomic E-state index is 13.7. The number of rotatable bonds is 8. The Morgan fingerprint density at radius 2 is 2.00 bits per heavy atom. The largest absolute Gasteiger partial charge is 0.342 e. The molecule has 10 heteroatoms. The van der Waals surface area contributed by atoms with Gasteiger partial charge in [-0.2, -0.15) is 5.10 Å². The van der Waals surface area contributed by atoms with Crippen molar-refractivity contribution in [3.05, 3.63) is 61.1 Å². The van der Waals surface area contributed by atoms with E-state index in [-0.39, 0.29) is 35.6 Å². The van der Waals surface area contributed by atoms with Gasteiger partial charge in [0.25, 0.3) is 0 Å². The molecule has 3 atom stereocenters. The quantitative estimate of drug-likeness (QED) is 0.270. The van der Waals surface area contributed by atoms with Gasteiger partial charge < -0.3 is 4.90 Å². The molecule has 0 spiro atoms. The number of hydrogen-bond acceptors (Lipinski definition) is 7. The van der Waals surface area contributed by atoms with Gasteiger partial charge in [0.2, 0.25) is 13.2 Å². The highest BCUT2D eigenvalue weighted by Gasteiger charge is 2.62. The second-order valence-electron chi connectivity index (χ2n) is 10.2. The topological polar surface area (TPSA) is 106 Å². The van der Waals surface area contributed by atoms with Gasteiger partial charge in [-0.25, -0.2) is 9.97 Å². The van der Waals surface area contributed by atoms with Gasteiger partial charge in [-0.15, -0.1) is 0 Å². The number of hydrogen-bond donors (Lipinski definition) is 0. The van der Waals surface area contributed by atoms with Gasteiger partial charge in [-0.3, -0.25) is 24.2 Å². The summed E-state index contributed by atoms with van der Waals surface area (Å²) in [6.07, 6.45) is 12.5. The Morgan fingerprint density at radius 3 is 2.68 bits per heavy atom. The zero-order valence-electron chi connectivity index (χ0n) is 21.7. The third kappa shape index (κ3) is 4.63. The number of nitrogens with zero attached hydrogens (tertiary/aromatic N) is 7. The fourth-order valence-corrected chi connectivity index (χ4v) is 5.54. The van der Waals surface area contributed by atoms with E-state index in [1.165, 1.54) is 6.92 Å². The summed E-state index contributed by atoms with van der Waals surface area (Å²) < 4.78 is 1.61. The minimum Gasteiger partial charge on any atom is -0.342 e. The van der Waals surface area contributed by atoms with E-state index >= 15 is 0 Å². The number of carbonyl (C=O) groups excluding carboxylic acids is 2. The van der Waals surface area contributed by atoms with Crippen LogP contribution in [0, 0.1) is 12.3 Å². The molecule has 0 bridgehead atoms. The van der Waals surface area contributed by atoms with E-state index in [4.69, 9.17) is 0 Å². The molecule has 0 aromatic carbocycles. The molecule has 9 nitrogen and oxygen atoms in total. The maximum absolute atomic E-state index is 13.7. The Balaban J connectivity index is 1.45. The molecule has 5 rings (SSSR count). The van der Waals surface area contributed by atoms with E-state index < -0.39 is 0 Å². The van der Waals surface area contributed by atoms with Gasteiger partial charge in [0.15, 0.2) is 5.78 Å². The fourth-order valence-electron chi connectivity index (χ4n) is 5.54. The van der Waals surface area contributed by atoms with E-state index in [0.29, 0.717) is 35.4 Å². The lowest BCUT2D eigenvalue weighted by Crippen LogP contribution is -2.45. The summed E-state index contributed by atoms with van der Waals surface area (Å²) in [7, 11) is 0.677. The molecule has 1 saturated heterocycles. The molecule has 0 N–H and O–H groups in total. The smallest absolute Gasteiger partial charge is 0.244 e. The molecule has 3 aromatic rings. The van der Waals surface area contributed by atoms with E-state index in [9.17, 15) is 9.59 Å². The normalized spacial score (nSPS) is 22.9. The number of ketones is 1. The van der Waals surface area contributed by atoms with Crippen LogP contribution < -0.4 is 0 Å². The summed E-state index contributed by atoms with van der Waals surface area (Å²) in [5, 5.41) is 5.21. The molecule has 1 aliphatic heterocycles. The third-order valence-corrected chi connectivity index (χ3v) is 7.42. The third-order valence-electron chi connectivity index (χ3n) is 7.42. The van der Waals surface area contributed by atoms with Gasteiger partial charge in [0.1, 0.15) is 18.1 Å². The van der Waals surface area contributed by atoms with E-state index in [1.807, 2.05) is 37.0 Å². The summed E-state index contributed by atoms with van der Waals surface area (Å²) in [6, 6.07) is 2.04. The van der Waals surface area contributed by atoms with Crippen molar-refractivity contribution in [1.82, 2.24) is 29.6 Å². The number of piperidine rings is 1. The Morgan fingerprint density at radius 1 is 1.24 bits per heavy atom. The molecule has 1 amide bonds. The van der Waals surface area contributed by atoms with E-state index in [0.717, 1.165) is 24.0 Å². The molecule has 0 unspecified atom stereocenters. The van der Waals surface area contributed by atoms with Crippen molar-refractivity contribution >= 4 is 35.5 Å². The number of aromatic nitrogens is 5. The zero-order chi connectivity index (χ0) is 26.3.